The number of aromatic nitrogens is 2. The summed E-state index contributed by atoms with van der Waals surface area (Å²) in [5.74, 6) is 2.18. The second-order valence-electron chi connectivity index (χ2n) is 12.6. The second kappa shape index (κ2) is 16.2. The first-order chi connectivity index (χ1) is 23.5. The summed E-state index contributed by atoms with van der Waals surface area (Å²) in [4.78, 5) is 4.37. The zero-order valence-corrected chi connectivity index (χ0v) is 30.2. The molecule has 0 aliphatic rings. The molecule has 6 rings (SSSR count). The normalized spacial score (nSPS) is 11.5. The van der Waals surface area contributed by atoms with E-state index in [1.165, 1.54) is 55.2 Å². The van der Waals surface area contributed by atoms with E-state index >= 15 is 0 Å². The summed E-state index contributed by atoms with van der Waals surface area (Å²) in [6, 6.07) is 35.4. The molecule has 4 aromatic carbocycles. The molecule has 4 nitrogen and oxygen atoms in total. The van der Waals surface area contributed by atoms with Crippen molar-refractivity contribution in [3.8, 4) is 0 Å². The number of nitrogens with zero attached hydrogens (tertiary/aromatic N) is 4. The van der Waals surface area contributed by atoms with Crippen LogP contribution in [0.1, 0.15) is 22.3 Å². The molecule has 2 aromatic heterocycles. The topological polar surface area (TPSA) is 14.2 Å². The zero-order valence-electron chi connectivity index (χ0n) is 28.5. The van der Waals surface area contributed by atoms with Crippen molar-refractivity contribution in [3.05, 3.63) is 144 Å². The van der Waals surface area contributed by atoms with E-state index in [1.807, 2.05) is 21.6 Å². The Balaban J connectivity index is 0.917. The number of anilines is 2. The largest absolute Gasteiger partial charge is 0.377 e. The summed E-state index contributed by atoms with van der Waals surface area (Å²) in [6.45, 7) is 2.03. The van der Waals surface area contributed by atoms with Crippen LogP contribution >= 0.6 is 21.6 Å². The number of fused-ring (bicyclic) bond motifs is 2. The number of hydrogen-bond acceptors (Lipinski definition) is 4. The summed E-state index contributed by atoms with van der Waals surface area (Å²) < 4.78 is 4.58. The van der Waals surface area contributed by atoms with Crippen LogP contribution in [0.5, 0.6) is 0 Å². The van der Waals surface area contributed by atoms with Gasteiger partial charge in [-0.05, 0) is 58.0 Å². The van der Waals surface area contributed by atoms with Gasteiger partial charge in [-0.15, -0.1) is 0 Å². The zero-order chi connectivity index (χ0) is 33.3. The molecule has 0 aliphatic heterocycles. The van der Waals surface area contributed by atoms with Gasteiger partial charge in [-0.25, -0.2) is 9.13 Å². The summed E-state index contributed by atoms with van der Waals surface area (Å²) in [6.07, 6.45) is 15.4. The monoisotopic (exact) mass is 670 g/mol. The molecule has 48 heavy (non-hydrogen) atoms. The molecule has 0 aliphatic carbocycles. The van der Waals surface area contributed by atoms with Gasteiger partial charge in [0.25, 0.3) is 0 Å². The Kier molecular flexibility index (Phi) is 11.4. The minimum atomic E-state index is 1.01. The Labute approximate surface area is 294 Å². The molecule has 0 fully saturated rings. The van der Waals surface area contributed by atoms with Gasteiger partial charge >= 0.3 is 0 Å². The van der Waals surface area contributed by atoms with Crippen molar-refractivity contribution in [2.45, 2.75) is 25.9 Å². The van der Waals surface area contributed by atoms with Crippen LogP contribution in [-0.2, 0) is 25.9 Å². The average molecular weight is 671 g/mol. The highest BCUT2D eigenvalue weighted by molar-refractivity contribution is 8.76. The summed E-state index contributed by atoms with van der Waals surface area (Å²) in [5, 5.41) is 5.26. The van der Waals surface area contributed by atoms with Crippen LogP contribution in [0.15, 0.2) is 122 Å². The van der Waals surface area contributed by atoms with E-state index in [-0.39, 0.29) is 0 Å². The van der Waals surface area contributed by atoms with Gasteiger partial charge in [0.1, 0.15) is 0 Å². The van der Waals surface area contributed by atoms with E-state index in [0.717, 1.165) is 37.4 Å². The van der Waals surface area contributed by atoms with Gasteiger partial charge in [-0.1, -0.05) is 94.4 Å². The Morgan fingerprint density at radius 2 is 1.04 bits per heavy atom. The maximum Gasteiger partial charge on any atom is 0.169 e. The van der Waals surface area contributed by atoms with Crippen LogP contribution in [0.2, 0.25) is 0 Å². The first-order valence-electron chi connectivity index (χ1n) is 16.7. The van der Waals surface area contributed by atoms with E-state index in [2.05, 4.69) is 181 Å². The molecular formula is C42H46N4S2+2. The summed E-state index contributed by atoms with van der Waals surface area (Å²) >= 11 is 0. The quantitative estimate of drug-likeness (QED) is 0.0654. The molecule has 6 heteroatoms. The maximum absolute atomic E-state index is 2.30. The first kappa shape index (κ1) is 33.6. The highest BCUT2D eigenvalue weighted by Crippen LogP contribution is 2.30. The number of hydrogen-bond donors (Lipinski definition) is 0. The second-order valence-corrected chi connectivity index (χ2v) is 15.3. The van der Waals surface area contributed by atoms with Crippen LogP contribution in [0.4, 0.5) is 11.4 Å². The molecule has 6 aromatic rings. The van der Waals surface area contributed by atoms with Crippen molar-refractivity contribution < 1.29 is 9.13 Å². The standard InChI is InChI=1S/C42H46N4S2/c1-43(2)41-19-17-35(37-9-5-7-11-39(37)41)15-13-33-21-25-45(26-22-33)29-31-47-48-32-30-46-27-23-34(24-28-46)14-16-36-18-20-42(44(3)4)40-12-8-6-10-38(36)40/h5-13,15,17-28H,14,16,29-32H2,1-4H3/q+2. The predicted octanol–water partition coefficient (Wildman–Crippen LogP) is 8.74. The van der Waals surface area contributed by atoms with Crippen LogP contribution < -0.4 is 18.9 Å². The van der Waals surface area contributed by atoms with Gasteiger partial charge in [0.2, 0.25) is 0 Å². The number of benzene rings is 4. The SMILES string of the molecule is CN(C)c1ccc(/C=C/c2cc[n+](CCSSCC[n+]3ccc(CCc4ccc(N(C)C)c5ccccc45)cc3)cc2)c2ccccc12. The van der Waals surface area contributed by atoms with Gasteiger partial charge < -0.3 is 9.80 Å². The van der Waals surface area contributed by atoms with Gasteiger partial charge in [0.15, 0.2) is 37.9 Å². The highest BCUT2D eigenvalue weighted by atomic mass is 33.1. The molecule has 0 atom stereocenters. The van der Waals surface area contributed by atoms with Crippen molar-refractivity contribution in [2.75, 3.05) is 49.5 Å². The van der Waals surface area contributed by atoms with E-state index in [4.69, 9.17) is 0 Å². The third kappa shape index (κ3) is 8.41. The van der Waals surface area contributed by atoms with Crippen molar-refractivity contribution in [3.63, 3.8) is 0 Å². The van der Waals surface area contributed by atoms with Crippen LogP contribution in [0.25, 0.3) is 33.7 Å². The minimum absolute atomic E-state index is 1.01. The maximum atomic E-state index is 2.30. The predicted molar refractivity (Wildman–Crippen MR) is 211 cm³/mol. The Hall–Kier alpha value is -4.26. The van der Waals surface area contributed by atoms with Gasteiger partial charge in [-0.2, -0.15) is 0 Å². The van der Waals surface area contributed by atoms with Crippen molar-refractivity contribution >= 4 is 66.7 Å². The van der Waals surface area contributed by atoms with Crippen LogP contribution in [0, 0.1) is 0 Å². The van der Waals surface area contributed by atoms with Crippen molar-refractivity contribution in [1.29, 1.82) is 0 Å². The fourth-order valence-corrected chi connectivity index (χ4v) is 8.16. The van der Waals surface area contributed by atoms with E-state index in [1.54, 1.807) is 0 Å². The van der Waals surface area contributed by atoms with Gasteiger partial charge in [-0.3, -0.25) is 0 Å². The molecule has 0 radical (unpaired) electrons. The molecule has 0 saturated carbocycles. The summed E-state index contributed by atoms with van der Waals surface area (Å²) in [5.41, 5.74) is 7.79. The average Bonchev–Trinajstić information content (AvgIpc) is 3.11. The highest BCUT2D eigenvalue weighted by Gasteiger charge is 2.09. The molecule has 0 spiro atoms. The van der Waals surface area contributed by atoms with E-state index in [0.29, 0.717) is 0 Å². The van der Waals surface area contributed by atoms with Gasteiger partial charge in [0.05, 0.1) is 11.5 Å². The Morgan fingerprint density at radius 1 is 0.521 bits per heavy atom. The lowest BCUT2D eigenvalue weighted by molar-refractivity contribution is -0.692. The molecule has 0 unspecified atom stereocenters. The van der Waals surface area contributed by atoms with E-state index < -0.39 is 0 Å². The molecular weight excluding hydrogens is 625 g/mol. The Morgan fingerprint density at radius 3 is 1.65 bits per heavy atom. The summed E-state index contributed by atoms with van der Waals surface area (Å²) in [7, 11) is 12.3. The minimum Gasteiger partial charge on any atom is -0.377 e. The Bertz CT molecular complexity index is 1980. The van der Waals surface area contributed by atoms with Crippen LogP contribution in [0.3, 0.4) is 0 Å². The van der Waals surface area contributed by atoms with E-state index in [9.17, 15) is 0 Å². The lowest BCUT2D eigenvalue weighted by Crippen LogP contribution is -2.34. The first-order valence-corrected chi connectivity index (χ1v) is 19.2. The smallest absolute Gasteiger partial charge is 0.169 e. The van der Waals surface area contributed by atoms with Crippen molar-refractivity contribution in [2.24, 2.45) is 0 Å². The molecule has 0 saturated heterocycles. The lowest BCUT2D eigenvalue weighted by atomic mass is 9.97. The lowest BCUT2D eigenvalue weighted by Gasteiger charge is -2.17. The molecule has 0 bridgehead atoms. The molecule has 0 N–H and O–H groups in total. The molecule has 2 heterocycles. The third-order valence-corrected chi connectivity index (χ3v) is 11.2. The molecule has 0 amide bonds. The fraction of sp³-hybridized carbons (Fsp3) is 0.238. The van der Waals surface area contributed by atoms with Crippen LogP contribution in [-0.4, -0.2) is 39.7 Å². The fourth-order valence-electron chi connectivity index (χ4n) is 6.20. The number of pyridine rings is 2. The molecule has 244 valence electrons. The number of rotatable bonds is 14. The van der Waals surface area contributed by atoms with Crippen molar-refractivity contribution in [1.82, 2.24) is 0 Å². The third-order valence-electron chi connectivity index (χ3n) is 8.85. The van der Waals surface area contributed by atoms with Gasteiger partial charge in [0, 0.05) is 74.6 Å². The number of aryl methyl sites for hydroxylation is 4.